The summed E-state index contributed by atoms with van der Waals surface area (Å²) in [4.78, 5) is 17.7. The minimum Gasteiger partial charge on any atom is -0.464 e. The summed E-state index contributed by atoms with van der Waals surface area (Å²) in [5.74, 6) is -0.498. The van der Waals surface area contributed by atoms with E-state index in [1.165, 1.54) is 24.1 Å². The van der Waals surface area contributed by atoms with Crippen LogP contribution in [0.15, 0.2) is 52.4 Å². The number of nitrogens with zero attached hydrogens (tertiary/aromatic N) is 2. The first kappa shape index (κ1) is 21.8. The van der Waals surface area contributed by atoms with Crippen molar-refractivity contribution in [3.05, 3.63) is 58.5 Å². The number of halogens is 4. The first-order valence-corrected chi connectivity index (χ1v) is 8.81. The highest BCUT2D eigenvalue weighted by Gasteiger charge is 2.30. The SMILES string of the molecule is C=C(/N=C(C(=O)OC)\C(Cl)=C(/N)N(C)Cc1ccc(C(F)(F)F)cc1)C1CC1. The molecule has 152 valence electrons. The minimum absolute atomic E-state index is 0.0364. The van der Waals surface area contributed by atoms with E-state index in [1.54, 1.807) is 7.05 Å². The number of rotatable bonds is 7. The molecule has 0 bridgehead atoms. The molecule has 2 rings (SSSR count). The van der Waals surface area contributed by atoms with Crippen molar-refractivity contribution >= 4 is 23.3 Å². The van der Waals surface area contributed by atoms with E-state index in [0.29, 0.717) is 11.3 Å². The van der Waals surface area contributed by atoms with E-state index in [0.717, 1.165) is 25.0 Å². The van der Waals surface area contributed by atoms with Crippen molar-refractivity contribution in [1.82, 2.24) is 4.90 Å². The molecule has 28 heavy (non-hydrogen) atoms. The van der Waals surface area contributed by atoms with Crippen molar-refractivity contribution in [2.45, 2.75) is 25.6 Å². The summed E-state index contributed by atoms with van der Waals surface area (Å²) >= 11 is 6.28. The van der Waals surface area contributed by atoms with Crippen LogP contribution in [0.1, 0.15) is 24.0 Å². The molecule has 1 aliphatic rings. The lowest BCUT2D eigenvalue weighted by molar-refractivity contribution is -0.137. The zero-order chi connectivity index (χ0) is 21.1. The maximum atomic E-state index is 12.7. The molecule has 1 aromatic carbocycles. The molecule has 5 nitrogen and oxygen atoms in total. The normalized spacial score (nSPS) is 15.7. The quantitative estimate of drug-likeness (QED) is 0.539. The van der Waals surface area contributed by atoms with Gasteiger partial charge in [-0.2, -0.15) is 13.2 Å². The molecule has 0 radical (unpaired) electrons. The third kappa shape index (κ3) is 5.51. The van der Waals surface area contributed by atoms with Gasteiger partial charge in [-0.15, -0.1) is 0 Å². The zero-order valence-electron chi connectivity index (χ0n) is 15.5. The molecule has 1 aromatic rings. The molecule has 0 atom stereocenters. The predicted molar refractivity (Wildman–Crippen MR) is 101 cm³/mol. The number of alkyl halides is 3. The molecular weight excluding hydrogens is 395 g/mol. The van der Waals surface area contributed by atoms with Gasteiger partial charge >= 0.3 is 12.1 Å². The number of hydrogen-bond acceptors (Lipinski definition) is 5. The van der Waals surface area contributed by atoms with Crippen LogP contribution in [0.4, 0.5) is 13.2 Å². The van der Waals surface area contributed by atoms with E-state index in [4.69, 9.17) is 22.1 Å². The number of allylic oxidation sites excluding steroid dienone is 1. The molecule has 0 amide bonds. The first-order chi connectivity index (χ1) is 13.0. The highest BCUT2D eigenvalue weighted by molar-refractivity contribution is 6.58. The van der Waals surface area contributed by atoms with Gasteiger partial charge in [0, 0.05) is 25.2 Å². The number of nitrogens with two attached hydrogens (primary N) is 1. The van der Waals surface area contributed by atoms with Crippen LogP contribution < -0.4 is 5.73 Å². The summed E-state index contributed by atoms with van der Waals surface area (Å²) in [6, 6.07) is 4.69. The maximum Gasteiger partial charge on any atom is 0.416 e. The summed E-state index contributed by atoms with van der Waals surface area (Å²) < 4.78 is 42.7. The van der Waals surface area contributed by atoms with Gasteiger partial charge in [-0.1, -0.05) is 30.3 Å². The van der Waals surface area contributed by atoms with Crippen molar-refractivity contribution in [3.63, 3.8) is 0 Å². The van der Waals surface area contributed by atoms with E-state index >= 15 is 0 Å². The van der Waals surface area contributed by atoms with Crippen LogP contribution in [-0.2, 0) is 22.3 Å². The topological polar surface area (TPSA) is 67.9 Å². The van der Waals surface area contributed by atoms with Gasteiger partial charge in [0.2, 0.25) is 0 Å². The molecular formula is C19H21ClF3N3O2. The predicted octanol–water partition coefficient (Wildman–Crippen LogP) is 4.04. The number of methoxy groups -OCH3 is 1. The van der Waals surface area contributed by atoms with Crippen molar-refractivity contribution in [1.29, 1.82) is 0 Å². The van der Waals surface area contributed by atoms with Crippen LogP contribution in [0, 0.1) is 5.92 Å². The van der Waals surface area contributed by atoms with E-state index in [2.05, 4.69) is 11.6 Å². The Hall–Kier alpha value is -2.48. The van der Waals surface area contributed by atoms with Gasteiger partial charge in [0.05, 0.1) is 12.7 Å². The largest absolute Gasteiger partial charge is 0.464 e. The van der Waals surface area contributed by atoms with Gasteiger partial charge in [0.25, 0.3) is 0 Å². The fourth-order valence-electron chi connectivity index (χ4n) is 2.38. The number of hydrogen-bond donors (Lipinski definition) is 1. The van der Waals surface area contributed by atoms with Crippen LogP contribution in [0.2, 0.25) is 0 Å². The average molecular weight is 416 g/mol. The number of benzene rings is 1. The van der Waals surface area contributed by atoms with E-state index < -0.39 is 17.7 Å². The summed E-state index contributed by atoms with van der Waals surface area (Å²) in [7, 11) is 2.80. The minimum atomic E-state index is -4.40. The van der Waals surface area contributed by atoms with E-state index in [-0.39, 0.29) is 29.0 Å². The molecule has 1 aliphatic carbocycles. The Labute approximate surface area is 166 Å². The lowest BCUT2D eigenvalue weighted by Crippen LogP contribution is -2.28. The highest BCUT2D eigenvalue weighted by atomic mass is 35.5. The Bertz CT molecular complexity index is 813. The molecule has 1 saturated carbocycles. The zero-order valence-corrected chi connectivity index (χ0v) is 16.3. The van der Waals surface area contributed by atoms with Gasteiger partial charge in [-0.25, -0.2) is 9.79 Å². The Morgan fingerprint density at radius 2 is 1.93 bits per heavy atom. The van der Waals surface area contributed by atoms with Crippen molar-refractivity contribution in [3.8, 4) is 0 Å². The molecule has 0 aromatic heterocycles. The van der Waals surface area contributed by atoms with Gasteiger partial charge in [0.15, 0.2) is 5.71 Å². The third-order valence-corrected chi connectivity index (χ3v) is 4.60. The second-order valence-corrected chi connectivity index (χ2v) is 6.85. The van der Waals surface area contributed by atoms with Crippen LogP contribution >= 0.6 is 11.6 Å². The second kappa shape index (κ2) is 8.68. The number of aliphatic imine (C=N–C) groups is 1. The summed E-state index contributed by atoms with van der Waals surface area (Å²) in [6.45, 7) is 4.01. The summed E-state index contributed by atoms with van der Waals surface area (Å²) in [6.07, 6.45) is -2.51. The lowest BCUT2D eigenvalue weighted by Gasteiger charge is -2.21. The number of carbonyl (C=O) groups excluding carboxylic acids is 1. The van der Waals surface area contributed by atoms with Gasteiger partial charge in [-0.3, -0.25) is 0 Å². The molecule has 9 heteroatoms. The molecule has 0 spiro atoms. The molecule has 0 unspecified atom stereocenters. The Morgan fingerprint density at radius 1 is 1.36 bits per heavy atom. The van der Waals surface area contributed by atoms with Crippen LogP contribution in [0.3, 0.4) is 0 Å². The average Bonchev–Trinajstić information content (AvgIpc) is 3.49. The number of carbonyl (C=O) groups is 1. The molecule has 1 fully saturated rings. The standard InChI is InChI=1S/C19H21ClF3N3O2/c1-11(13-6-7-13)25-16(18(27)28-3)15(20)17(24)26(2)10-12-4-8-14(9-5-12)19(21,22)23/h4-5,8-9,13H,1,6-7,10,24H2,2-3H3/b17-15-,25-16+. The van der Waals surface area contributed by atoms with Crippen LogP contribution in [0.25, 0.3) is 0 Å². The first-order valence-electron chi connectivity index (χ1n) is 8.43. The van der Waals surface area contributed by atoms with Gasteiger partial charge < -0.3 is 15.4 Å². The summed E-state index contributed by atoms with van der Waals surface area (Å²) in [5, 5.41) is -0.108. The lowest BCUT2D eigenvalue weighted by atomic mass is 10.1. The van der Waals surface area contributed by atoms with E-state index in [1.807, 2.05) is 0 Å². The number of esters is 1. The molecule has 0 heterocycles. The number of ether oxygens (including phenoxy) is 1. The Kier molecular flexibility index (Phi) is 6.77. The van der Waals surface area contributed by atoms with Crippen molar-refractivity contribution < 1.29 is 22.7 Å². The van der Waals surface area contributed by atoms with Gasteiger partial charge in [0.1, 0.15) is 10.9 Å². The van der Waals surface area contributed by atoms with Crippen LogP contribution in [-0.4, -0.2) is 30.7 Å². The Balaban J connectivity index is 2.21. The highest BCUT2D eigenvalue weighted by Crippen LogP contribution is 2.36. The Morgan fingerprint density at radius 3 is 2.39 bits per heavy atom. The van der Waals surface area contributed by atoms with E-state index in [9.17, 15) is 18.0 Å². The summed E-state index contributed by atoms with van der Waals surface area (Å²) in [5.41, 5.74) is 6.26. The molecule has 0 saturated heterocycles. The molecule has 2 N–H and O–H groups in total. The second-order valence-electron chi connectivity index (χ2n) is 6.47. The van der Waals surface area contributed by atoms with Crippen molar-refractivity contribution in [2.24, 2.45) is 16.6 Å². The maximum absolute atomic E-state index is 12.7. The van der Waals surface area contributed by atoms with Gasteiger partial charge in [-0.05, 0) is 30.5 Å². The van der Waals surface area contributed by atoms with Crippen molar-refractivity contribution in [2.75, 3.05) is 14.2 Å². The monoisotopic (exact) mass is 415 g/mol. The fraction of sp³-hybridized carbons (Fsp3) is 0.368. The third-order valence-electron chi connectivity index (χ3n) is 4.23. The smallest absolute Gasteiger partial charge is 0.416 e. The van der Waals surface area contributed by atoms with Crippen LogP contribution in [0.5, 0.6) is 0 Å². The fourth-order valence-corrected chi connectivity index (χ4v) is 2.64. The molecule has 0 aliphatic heterocycles.